The molecule has 2 rings (SSSR count). The van der Waals surface area contributed by atoms with Crippen molar-refractivity contribution in [3.05, 3.63) is 38.0 Å². The van der Waals surface area contributed by atoms with E-state index in [4.69, 9.17) is 0 Å². The van der Waals surface area contributed by atoms with Crippen LogP contribution in [0.3, 0.4) is 0 Å². The summed E-state index contributed by atoms with van der Waals surface area (Å²) in [5, 5.41) is 6.81. The van der Waals surface area contributed by atoms with Gasteiger partial charge in [-0.15, -0.1) is 22.7 Å². The van der Waals surface area contributed by atoms with E-state index < -0.39 is 0 Å². The van der Waals surface area contributed by atoms with Crippen molar-refractivity contribution in [3.63, 3.8) is 0 Å². The van der Waals surface area contributed by atoms with E-state index in [0.717, 1.165) is 17.2 Å². The third-order valence-electron chi connectivity index (χ3n) is 2.54. The normalized spacial score (nSPS) is 12.9. The highest BCUT2D eigenvalue weighted by molar-refractivity contribution is 7.11. The van der Waals surface area contributed by atoms with Crippen molar-refractivity contribution >= 4 is 22.7 Å². The molecule has 0 fully saturated rings. The second kappa shape index (κ2) is 5.08. The number of aryl methyl sites for hydroxylation is 2. The first-order valence-electron chi connectivity index (χ1n) is 5.36. The number of thiazole rings is 1. The van der Waals surface area contributed by atoms with Gasteiger partial charge in [0.05, 0.1) is 10.7 Å². The summed E-state index contributed by atoms with van der Waals surface area (Å²) < 4.78 is 0. The van der Waals surface area contributed by atoms with Gasteiger partial charge in [-0.2, -0.15) is 0 Å². The van der Waals surface area contributed by atoms with E-state index in [1.807, 2.05) is 0 Å². The molecule has 0 saturated carbocycles. The van der Waals surface area contributed by atoms with Gasteiger partial charge in [0, 0.05) is 22.3 Å². The zero-order chi connectivity index (χ0) is 11.5. The van der Waals surface area contributed by atoms with E-state index in [2.05, 4.69) is 48.6 Å². The van der Waals surface area contributed by atoms with Crippen LogP contribution in [0.4, 0.5) is 0 Å². The molecule has 2 nitrogen and oxygen atoms in total. The van der Waals surface area contributed by atoms with Crippen LogP contribution >= 0.6 is 22.7 Å². The molecule has 1 atom stereocenters. The van der Waals surface area contributed by atoms with E-state index in [9.17, 15) is 0 Å². The summed E-state index contributed by atoms with van der Waals surface area (Å²) in [6, 6.07) is 4.69. The SMILES string of the molecule is Cc1nc(C)c(CN[C@@H](C)c2cccs2)s1. The fraction of sp³-hybridized carbons (Fsp3) is 0.417. The van der Waals surface area contributed by atoms with Crippen LogP contribution in [0.2, 0.25) is 0 Å². The maximum Gasteiger partial charge on any atom is 0.0900 e. The number of nitrogens with one attached hydrogen (secondary N) is 1. The van der Waals surface area contributed by atoms with Crippen molar-refractivity contribution in [1.82, 2.24) is 10.3 Å². The lowest BCUT2D eigenvalue weighted by Crippen LogP contribution is -2.16. The monoisotopic (exact) mass is 252 g/mol. The molecule has 2 heterocycles. The van der Waals surface area contributed by atoms with E-state index in [-0.39, 0.29) is 0 Å². The van der Waals surface area contributed by atoms with Gasteiger partial charge in [0.2, 0.25) is 0 Å². The Labute approximate surface area is 104 Å². The lowest BCUT2D eigenvalue weighted by atomic mass is 10.2. The largest absolute Gasteiger partial charge is 0.304 e. The zero-order valence-electron chi connectivity index (χ0n) is 9.78. The molecule has 2 aromatic heterocycles. The highest BCUT2D eigenvalue weighted by atomic mass is 32.1. The Morgan fingerprint density at radius 2 is 2.25 bits per heavy atom. The van der Waals surface area contributed by atoms with Crippen molar-refractivity contribution in [2.24, 2.45) is 0 Å². The first-order valence-corrected chi connectivity index (χ1v) is 7.06. The van der Waals surface area contributed by atoms with Gasteiger partial charge in [-0.05, 0) is 32.2 Å². The van der Waals surface area contributed by atoms with Gasteiger partial charge in [0.1, 0.15) is 0 Å². The molecule has 0 aromatic carbocycles. The first kappa shape index (κ1) is 11.8. The van der Waals surface area contributed by atoms with Crippen molar-refractivity contribution in [1.29, 1.82) is 0 Å². The van der Waals surface area contributed by atoms with Crippen LogP contribution < -0.4 is 5.32 Å². The molecule has 2 aromatic rings. The maximum atomic E-state index is 4.43. The number of hydrogen-bond acceptors (Lipinski definition) is 4. The van der Waals surface area contributed by atoms with E-state index >= 15 is 0 Å². The maximum absolute atomic E-state index is 4.43. The molecule has 0 aliphatic heterocycles. The lowest BCUT2D eigenvalue weighted by Gasteiger charge is -2.11. The van der Waals surface area contributed by atoms with Gasteiger partial charge < -0.3 is 5.32 Å². The fourth-order valence-corrected chi connectivity index (χ4v) is 3.27. The Kier molecular flexibility index (Phi) is 3.74. The lowest BCUT2D eigenvalue weighted by molar-refractivity contribution is 0.585. The number of nitrogens with zero attached hydrogens (tertiary/aromatic N) is 1. The summed E-state index contributed by atoms with van der Waals surface area (Å²) in [6.07, 6.45) is 0. The Morgan fingerprint density at radius 3 is 2.81 bits per heavy atom. The molecule has 0 aliphatic carbocycles. The number of aromatic nitrogens is 1. The minimum Gasteiger partial charge on any atom is -0.304 e. The van der Waals surface area contributed by atoms with Crippen LogP contribution in [0.5, 0.6) is 0 Å². The Balaban J connectivity index is 1.95. The predicted molar refractivity (Wildman–Crippen MR) is 71.2 cm³/mol. The second-order valence-corrected chi connectivity index (χ2v) is 6.13. The summed E-state index contributed by atoms with van der Waals surface area (Å²) in [7, 11) is 0. The van der Waals surface area contributed by atoms with E-state index in [1.165, 1.54) is 9.75 Å². The van der Waals surface area contributed by atoms with Crippen molar-refractivity contribution in [2.45, 2.75) is 33.4 Å². The number of thiophene rings is 1. The predicted octanol–water partition coefficient (Wildman–Crippen LogP) is 3.67. The van der Waals surface area contributed by atoms with Crippen LogP contribution in [0.15, 0.2) is 17.5 Å². The zero-order valence-corrected chi connectivity index (χ0v) is 11.4. The number of hydrogen-bond donors (Lipinski definition) is 1. The van der Waals surface area contributed by atoms with Gasteiger partial charge >= 0.3 is 0 Å². The Bertz CT molecular complexity index is 446. The fourth-order valence-electron chi connectivity index (χ4n) is 1.62. The molecule has 0 saturated heterocycles. The first-order chi connectivity index (χ1) is 7.66. The second-order valence-electron chi connectivity index (χ2n) is 3.86. The van der Waals surface area contributed by atoms with Crippen LogP contribution in [0, 0.1) is 13.8 Å². The molecule has 0 aliphatic rings. The Hall–Kier alpha value is -0.710. The average Bonchev–Trinajstić information content (AvgIpc) is 2.84. The van der Waals surface area contributed by atoms with Gasteiger partial charge in [-0.25, -0.2) is 4.98 Å². The number of rotatable bonds is 4. The van der Waals surface area contributed by atoms with Crippen LogP contribution in [0.1, 0.15) is 33.4 Å². The topological polar surface area (TPSA) is 24.9 Å². The van der Waals surface area contributed by atoms with Gasteiger partial charge in [0.25, 0.3) is 0 Å². The third kappa shape index (κ3) is 2.70. The van der Waals surface area contributed by atoms with Crippen LogP contribution in [-0.2, 0) is 6.54 Å². The molecule has 0 spiro atoms. The smallest absolute Gasteiger partial charge is 0.0900 e. The van der Waals surface area contributed by atoms with Crippen molar-refractivity contribution in [2.75, 3.05) is 0 Å². The third-order valence-corrected chi connectivity index (χ3v) is 4.67. The summed E-state index contributed by atoms with van der Waals surface area (Å²) >= 11 is 3.58. The molecule has 0 amide bonds. The summed E-state index contributed by atoms with van der Waals surface area (Å²) in [5.74, 6) is 0. The Morgan fingerprint density at radius 1 is 1.44 bits per heavy atom. The standard InChI is InChI=1S/C12H16N2S2/c1-8(11-5-4-6-15-11)13-7-12-9(2)14-10(3)16-12/h4-6,8,13H,7H2,1-3H3/t8-/m0/s1. The minimum absolute atomic E-state index is 0.418. The summed E-state index contributed by atoms with van der Waals surface area (Å²) in [6.45, 7) is 7.26. The summed E-state index contributed by atoms with van der Waals surface area (Å²) in [4.78, 5) is 7.17. The summed E-state index contributed by atoms with van der Waals surface area (Å²) in [5.41, 5.74) is 1.16. The van der Waals surface area contributed by atoms with Gasteiger partial charge in [-0.3, -0.25) is 0 Å². The van der Waals surface area contributed by atoms with E-state index in [1.54, 1.807) is 22.7 Å². The van der Waals surface area contributed by atoms with Crippen molar-refractivity contribution in [3.8, 4) is 0 Å². The molecule has 86 valence electrons. The molecule has 4 heteroatoms. The van der Waals surface area contributed by atoms with Crippen LogP contribution in [0.25, 0.3) is 0 Å². The average molecular weight is 252 g/mol. The van der Waals surface area contributed by atoms with Crippen LogP contribution in [-0.4, -0.2) is 4.98 Å². The quantitative estimate of drug-likeness (QED) is 0.898. The minimum atomic E-state index is 0.418. The van der Waals surface area contributed by atoms with E-state index in [0.29, 0.717) is 6.04 Å². The molecule has 0 radical (unpaired) electrons. The molecule has 1 N–H and O–H groups in total. The molecular formula is C12H16N2S2. The molecule has 0 bridgehead atoms. The highest BCUT2D eigenvalue weighted by Gasteiger charge is 2.08. The van der Waals surface area contributed by atoms with Gasteiger partial charge in [0.15, 0.2) is 0 Å². The highest BCUT2D eigenvalue weighted by Crippen LogP contribution is 2.21. The molecular weight excluding hydrogens is 236 g/mol. The van der Waals surface area contributed by atoms with Gasteiger partial charge in [-0.1, -0.05) is 6.07 Å². The molecule has 16 heavy (non-hydrogen) atoms. The molecule has 0 unspecified atom stereocenters. The van der Waals surface area contributed by atoms with Crippen molar-refractivity contribution < 1.29 is 0 Å².